The summed E-state index contributed by atoms with van der Waals surface area (Å²) in [4.78, 5) is 10.4. The van der Waals surface area contributed by atoms with Crippen molar-refractivity contribution in [2.45, 2.75) is 5.88 Å². The van der Waals surface area contributed by atoms with E-state index in [9.17, 15) is 10.1 Å². The smallest absolute Gasteiger partial charge is 0.314 e. The number of alkyl halides is 1. The summed E-state index contributed by atoms with van der Waals surface area (Å²) in [6.07, 6.45) is 0. The minimum absolute atomic E-state index is 0.163. The number of nitrogens with zero attached hydrogens (tertiary/aromatic N) is 1. The third kappa shape index (κ3) is 3.56. The number of nitro groups is 1. The second kappa shape index (κ2) is 6.65. The first-order valence-corrected chi connectivity index (χ1v) is 6.81. The fourth-order valence-corrected chi connectivity index (χ4v) is 2.12. The Hall–Kier alpha value is -1.98. The topological polar surface area (TPSA) is 61.6 Å². The molecule has 0 amide bonds. The number of methoxy groups -OCH3 is 1. The SMILES string of the molecule is COc1ccc(Oc2ccc(CCl)cc2Cl)cc1[N+](=O)[O-]. The van der Waals surface area contributed by atoms with Crippen LogP contribution in [0.25, 0.3) is 0 Å². The number of hydrogen-bond acceptors (Lipinski definition) is 4. The number of benzene rings is 2. The zero-order valence-electron chi connectivity index (χ0n) is 11.0. The van der Waals surface area contributed by atoms with E-state index in [-0.39, 0.29) is 11.4 Å². The molecule has 7 heteroatoms. The largest absolute Gasteiger partial charge is 0.490 e. The number of rotatable bonds is 5. The highest BCUT2D eigenvalue weighted by Gasteiger charge is 2.16. The van der Waals surface area contributed by atoms with Crippen LogP contribution in [0, 0.1) is 10.1 Å². The van der Waals surface area contributed by atoms with Crippen molar-refractivity contribution < 1.29 is 14.4 Å². The van der Waals surface area contributed by atoms with Crippen LogP contribution in [0.2, 0.25) is 5.02 Å². The Morgan fingerprint density at radius 1 is 1.19 bits per heavy atom. The third-order valence-electron chi connectivity index (χ3n) is 2.73. The van der Waals surface area contributed by atoms with E-state index in [4.69, 9.17) is 32.7 Å². The van der Waals surface area contributed by atoms with E-state index in [0.717, 1.165) is 5.56 Å². The molecule has 0 aromatic heterocycles. The van der Waals surface area contributed by atoms with Gasteiger partial charge in [-0.2, -0.15) is 0 Å². The lowest BCUT2D eigenvalue weighted by Gasteiger charge is -2.09. The molecule has 2 aromatic carbocycles. The van der Waals surface area contributed by atoms with Gasteiger partial charge in [-0.3, -0.25) is 10.1 Å². The number of hydrogen-bond donors (Lipinski definition) is 0. The van der Waals surface area contributed by atoms with E-state index in [2.05, 4.69) is 0 Å². The Morgan fingerprint density at radius 3 is 2.48 bits per heavy atom. The zero-order valence-corrected chi connectivity index (χ0v) is 12.5. The maximum atomic E-state index is 11.0. The molecule has 0 heterocycles. The highest BCUT2D eigenvalue weighted by molar-refractivity contribution is 6.32. The predicted octanol–water partition coefficient (Wildman–Crippen LogP) is 4.79. The lowest BCUT2D eigenvalue weighted by atomic mass is 10.2. The molecule has 0 saturated carbocycles. The first kappa shape index (κ1) is 15.4. The summed E-state index contributed by atoms with van der Waals surface area (Å²) in [5, 5.41) is 11.3. The van der Waals surface area contributed by atoms with Gasteiger partial charge in [0.15, 0.2) is 5.75 Å². The highest BCUT2D eigenvalue weighted by Crippen LogP contribution is 2.35. The van der Waals surface area contributed by atoms with Gasteiger partial charge in [0.25, 0.3) is 0 Å². The summed E-state index contributed by atoms with van der Waals surface area (Å²) in [5.41, 5.74) is 0.679. The summed E-state index contributed by atoms with van der Waals surface area (Å²) >= 11 is 11.8. The molecule has 0 aliphatic carbocycles. The first-order chi connectivity index (χ1) is 10.0. The minimum Gasteiger partial charge on any atom is -0.490 e. The van der Waals surface area contributed by atoms with Gasteiger partial charge in [-0.05, 0) is 29.8 Å². The maximum absolute atomic E-state index is 11.0. The van der Waals surface area contributed by atoms with Crippen LogP contribution < -0.4 is 9.47 Å². The quantitative estimate of drug-likeness (QED) is 0.450. The standard InChI is InChI=1S/C14H11Cl2NO4/c1-20-14-5-3-10(7-12(14)17(18)19)21-13-4-2-9(8-15)6-11(13)16/h2-7H,8H2,1H3. The van der Waals surface area contributed by atoms with Crippen molar-refractivity contribution in [2.24, 2.45) is 0 Å². The Kier molecular flexibility index (Phi) is 4.88. The normalized spacial score (nSPS) is 10.2. The average Bonchev–Trinajstić information content (AvgIpc) is 2.49. The summed E-state index contributed by atoms with van der Waals surface area (Å²) in [5.74, 6) is 1.19. The van der Waals surface area contributed by atoms with Crippen molar-refractivity contribution in [1.82, 2.24) is 0 Å². The van der Waals surface area contributed by atoms with Crippen LogP contribution in [0.5, 0.6) is 17.2 Å². The molecule has 0 spiro atoms. The van der Waals surface area contributed by atoms with Crippen LogP contribution in [0.3, 0.4) is 0 Å². The second-order valence-electron chi connectivity index (χ2n) is 4.09. The Morgan fingerprint density at radius 2 is 1.90 bits per heavy atom. The van der Waals surface area contributed by atoms with E-state index in [1.807, 2.05) is 0 Å². The van der Waals surface area contributed by atoms with E-state index in [0.29, 0.717) is 22.4 Å². The van der Waals surface area contributed by atoms with E-state index >= 15 is 0 Å². The van der Waals surface area contributed by atoms with Crippen molar-refractivity contribution in [3.05, 3.63) is 57.1 Å². The molecule has 0 bridgehead atoms. The van der Waals surface area contributed by atoms with Gasteiger partial charge in [0.05, 0.1) is 23.1 Å². The molecule has 0 N–H and O–H groups in total. The van der Waals surface area contributed by atoms with Gasteiger partial charge in [-0.25, -0.2) is 0 Å². The van der Waals surface area contributed by atoms with Crippen LogP contribution in [0.4, 0.5) is 5.69 Å². The van der Waals surface area contributed by atoms with Crippen LogP contribution in [0.1, 0.15) is 5.56 Å². The summed E-state index contributed by atoms with van der Waals surface area (Å²) in [7, 11) is 1.37. The summed E-state index contributed by atoms with van der Waals surface area (Å²) < 4.78 is 10.5. The van der Waals surface area contributed by atoms with Crippen LogP contribution >= 0.6 is 23.2 Å². The van der Waals surface area contributed by atoms with Gasteiger partial charge < -0.3 is 9.47 Å². The third-order valence-corrected chi connectivity index (χ3v) is 3.33. The predicted molar refractivity (Wildman–Crippen MR) is 80.7 cm³/mol. The Labute approximate surface area is 131 Å². The van der Waals surface area contributed by atoms with Gasteiger partial charge in [0.2, 0.25) is 0 Å². The fourth-order valence-electron chi connectivity index (χ4n) is 1.71. The van der Waals surface area contributed by atoms with Gasteiger partial charge in [0.1, 0.15) is 11.5 Å². The zero-order chi connectivity index (χ0) is 15.4. The number of nitro benzene ring substituents is 1. The molecule has 110 valence electrons. The van der Waals surface area contributed by atoms with E-state index in [1.165, 1.54) is 19.2 Å². The molecular formula is C14H11Cl2NO4. The van der Waals surface area contributed by atoms with Crippen molar-refractivity contribution in [3.8, 4) is 17.2 Å². The number of halogens is 2. The molecule has 21 heavy (non-hydrogen) atoms. The molecule has 0 aliphatic rings. The van der Waals surface area contributed by atoms with Gasteiger partial charge in [-0.1, -0.05) is 17.7 Å². The second-order valence-corrected chi connectivity index (χ2v) is 4.77. The summed E-state index contributed by atoms with van der Waals surface area (Å²) in [6, 6.07) is 9.43. The maximum Gasteiger partial charge on any atom is 0.314 e. The monoisotopic (exact) mass is 327 g/mol. The molecule has 2 rings (SSSR count). The van der Waals surface area contributed by atoms with Crippen LogP contribution in [0.15, 0.2) is 36.4 Å². The lowest BCUT2D eigenvalue weighted by molar-refractivity contribution is -0.385. The minimum atomic E-state index is -0.538. The van der Waals surface area contributed by atoms with Gasteiger partial charge in [-0.15, -0.1) is 11.6 Å². The molecule has 0 atom stereocenters. The van der Waals surface area contributed by atoms with Crippen molar-refractivity contribution in [3.63, 3.8) is 0 Å². The lowest BCUT2D eigenvalue weighted by Crippen LogP contribution is -1.95. The van der Waals surface area contributed by atoms with Crippen LogP contribution in [-0.4, -0.2) is 12.0 Å². The first-order valence-electron chi connectivity index (χ1n) is 5.90. The van der Waals surface area contributed by atoms with Crippen LogP contribution in [-0.2, 0) is 5.88 Å². The molecule has 5 nitrogen and oxygen atoms in total. The summed E-state index contributed by atoms with van der Waals surface area (Å²) in [6.45, 7) is 0. The molecule has 0 fully saturated rings. The number of ether oxygens (including phenoxy) is 2. The molecule has 2 aromatic rings. The Bertz CT molecular complexity index is 676. The average molecular weight is 328 g/mol. The Balaban J connectivity index is 2.31. The molecule has 0 aliphatic heterocycles. The molecule has 0 unspecified atom stereocenters. The van der Waals surface area contributed by atoms with Crippen molar-refractivity contribution in [2.75, 3.05) is 7.11 Å². The van der Waals surface area contributed by atoms with Crippen molar-refractivity contribution in [1.29, 1.82) is 0 Å². The van der Waals surface area contributed by atoms with Gasteiger partial charge in [0, 0.05) is 5.88 Å². The highest BCUT2D eigenvalue weighted by atomic mass is 35.5. The van der Waals surface area contributed by atoms with E-state index < -0.39 is 4.92 Å². The van der Waals surface area contributed by atoms with E-state index in [1.54, 1.807) is 24.3 Å². The fraction of sp³-hybridized carbons (Fsp3) is 0.143. The molecular weight excluding hydrogens is 317 g/mol. The molecule has 0 saturated heterocycles. The van der Waals surface area contributed by atoms with Crippen molar-refractivity contribution >= 4 is 28.9 Å². The molecule has 0 radical (unpaired) electrons. The van der Waals surface area contributed by atoms with Gasteiger partial charge >= 0.3 is 5.69 Å².